The van der Waals surface area contributed by atoms with Crippen molar-refractivity contribution in [2.75, 3.05) is 31.9 Å². The Morgan fingerprint density at radius 3 is 2.70 bits per heavy atom. The third-order valence-electron chi connectivity index (χ3n) is 4.88. The largest absolute Gasteiger partial charge is 0.387 e. The fraction of sp³-hybridized carbons (Fsp3) is 0.647. The second kappa shape index (κ2) is 6.51. The first-order valence-electron chi connectivity index (χ1n) is 8.41. The van der Waals surface area contributed by atoms with Crippen molar-refractivity contribution in [3.63, 3.8) is 0 Å². The van der Waals surface area contributed by atoms with Crippen LogP contribution in [0.3, 0.4) is 0 Å². The van der Waals surface area contributed by atoms with E-state index >= 15 is 0 Å². The maximum Gasteiger partial charge on any atom is 0.214 e. The van der Waals surface area contributed by atoms with Crippen molar-refractivity contribution in [2.45, 2.75) is 38.3 Å². The Hall–Kier alpha value is -0.950. The molecular formula is C17H26N2O3S. The highest BCUT2D eigenvalue weighted by atomic mass is 32.2. The molecule has 0 spiro atoms. The normalized spacial score (nSPS) is 26.3. The Bertz CT molecular complexity index is 662. The average Bonchev–Trinajstić information content (AvgIpc) is 2.90. The van der Waals surface area contributed by atoms with Crippen molar-refractivity contribution in [3.05, 3.63) is 35.4 Å². The van der Waals surface area contributed by atoms with E-state index in [4.69, 9.17) is 0 Å². The molecule has 0 radical (unpaired) electrons. The number of rotatable bonds is 5. The van der Waals surface area contributed by atoms with Gasteiger partial charge in [0, 0.05) is 32.7 Å². The van der Waals surface area contributed by atoms with Gasteiger partial charge in [-0.05, 0) is 30.4 Å². The summed E-state index contributed by atoms with van der Waals surface area (Å²) in [5, 5.41) is 10.8. The van der Waals surface area contributed by atoms with E-state index in [1.54, 1.807) is 0 Å². The Kier molecular flexibility index (Phi) is 4.78. The van der Waals surface area contributed by atoms with Crippen LogP contribution in [0.25, 0.3) is 0 Å². The van der Waals surface area contributed by atoms with Crippen molar-refractivity contribution in [3.8, 4) is 0 Å². The van der Waals surface area contributed by atoms with Crippen LogP contribution in [-0.4, -0.2) is 60.3 Å². The molecule has 0 saturated carbocycles. The number of sulfonamides is 1. The molecule has 0 bridgehead atoms. The summed E-state index contributed by atoms with van der Waals surface area (Å²) in [6, 6.07) is 8.41. The van der Waals surface area contributed by atoms with Gasteiger partial charge in [0.05, 0.1) is 11.4 Å². The van der Waals surface area contributed by atoms with Gasteiger partial charge in [-0.3, -0.25) is 4.90 Å². The minimum atomic E-state index is -3.22. The summed E-state index contributed by atoms with van der Waals surface area (Å²) in [7, 11) is -3.22. The first kappa shape index (κ1) is 16.9. The van der Waals surface area contributed by atoms with Crippen LogP contribution < -0.4 is 0 Å². The Balaban J connectivity index is 1.63. The van der Waals surface area contributed by atoms with Crippen LogP contribution in [0.1, 0.15) is 30.9 Å². The summed E-state index contributed by atoms with van der Waals surface area (Å²) in [4.78, 5) is 2.25. The van der Waals surface area contributed by atoms with E-state index in [1.807, 2.05) is 13.0 Å². The lowest BCUT2D eigenvalue weighted by Gasteiger charge is -2.34. The highest BCUT2D eigenvalue weighted by molar-refractivity contribution is 7.89. The summed E-state index contributed by atoms with van der Waals surface area (Å²) in [6.07, 6.45) is 2.12. The SMILES string of the molecule is CCCS(=O)(=O)N1CC[C@](O)(CN2CCc3ccccc3C2)C1. The molecule has 3 rings (SSSR count). The van der Waals surface area contributed by atoms with E-state index < -0.39 is 15.6 Å². The summed E-state index contributed by atoms with van der Waals surface area (Å²) in [5.74, 6) is 0.167. The minimum Gasteiger partial charge on any atom is -0.387 e. The molecular weight excluding hydrogens is 312 g/mol. The van der Waals surface area contributed by atoms with Crippen molar-refractivity contribution in [1.29, 1.82) is 0 Å². The Morgan fingerprint density at radius 1 is 1.22 bits per heavy atom. The second-order valence-corrected chi connectivity index (χ2v) is 8.94. The zero-order valence-corrected chi connectivity index (χ0v) is 14.6. The first-order chi connectivity index (χ1) is 10.9. The van der Waals surface area contributed by atoms with E-state index in [0.29, 0.717) is 25.9 Å². The van der Waals surface area contributed by atoms with Crippen LogP contribution in [0.4, 0.5) is 0 Å². The van der Waals surface area contributed by atoms with Crippen LogP contribution in [-0.2, 0) is 23.0 Å². The lowest BCUT2D eigenvalue weighted by Crippen LogP contribution is -2.47. The molecule has 0 unspecified atom stereocenters. The van der Waals surface area contributed by atoms with E-state index in [-0.39, 0.29) is 12.3 Å². The number of fused-ring (bicyclic) bond motifs is 1. The summed E-state index contributed by atoms with van der Waals surface area (Å²) in [5.41, 5.74) is 1.78. The summed E-state index contributed by atoms with van der Waals surface area (Å²) in [6.45, 7) is 4.82. The standard InChI is InChI=1S/C17H26N2O3S/c1-2-11-23(21,22)19-10-8-17(20,14-19)13-18-9-7-15-5-3-4-6-16(15)12-18/h3-6,20H,2,7-14H2,1H3/t17-/m0/s1. The van der Waals surface area contributed by atoms with E-state index in [0.717, 1.165) is 19.5 Å². The highest BCUT2D eigenvalue weighted by Gasteiger charge is 2.42. The van der Waals surface area contributed by atoms with Gasteiger partial charge in [-0.1, -0.05) is 31.2 Å². The molecule has 2 heterocycles. The van der Waals surface area contributed by atoms with Crippen LogP contribution in [0.5, 0.6) is 0 Å². The molecule has 0 aromatic heterocycles. The number of β-amino-alcohol motifs (C(OH)–C–C–N with tert-alkyl or cyclic N) is 1. The maximum atomic E-state index is 12.2. The molecule has 1 aromatic carbocycles. The highest BCUT2D eigenvalue weighted by Crippen LogP contribution is 2.27. The van der Waals surface area contributed by atoms with Crippen molar-refractivity contribution in [1.82, 2.24) is 9.21 Å². The van der Waals surface area contributed by atoms with Crippen molar-refractivity contribution < 1.29 is 13.5 Å². The number of benzene rings is 1. The third-order valence-corrected chi connectivity index (χ3v) is 6.90. The van der Waals surface area contributed by atoms with E-state index in [1.165, 1.54) is 15.4 Å². The number of hydrogen-bond acceptors (Lipinski definition) is 4. The lowest BCUT2D eigenvalue weighted by atomic mass is 9.97. The van der Waals surface area contributed by atoms with Gasteiger partial charge in [0.1, 0.15) is 0 Å². The molecule has 1 fully saturated rings. The number of nitrogens with zero attached hydrogens (tertiary/aromatic N) is 2. The number of hydrogen-bond donors (Lipinski definition) is 1. The molecule has 0 amide bonds. The molecule has 1 N–H and O–H groups in total. The van der Waals surface area contributed by atoms with Gasteiger partial charge in [-0.15, -0.1) is 0 Å². The van der Waals surface area contributed by atoms with E-state index in [9.17, 15) is 13.5 Å². The van der Waals surface area contributed by atoms with Crippen molar-refractivity contribution in [2.24, 2.45) is 0 Å². The third kappa shape index (κ3) is 3.76. The zero-order chi connectivity index (χ0) is 16.5. The van der Waals surface area contributed by atoms with Crippen LogP contribution in [0, 0.1) is 0 Å². The predicted molar refractivity (Wildman–Crippen MR) is 90.6 cm³/mol. The molecule has 0 aliphatic carbocycles. The monoisotopic (exact) mass is 338 g/mol. The van der Waals surface area contributed by atoms with Gasteiger partial charge in [-0.25, -0.2) is 8.42 Å². The fourth-order valence-electron chi connectivity index (χ4n) is 3.68. The predicted octanol–water partition coefficient (Wildman–Crippen LogP) is 1.22. The summed E-state index contributed by atoms with van der Waals surface area (Å²) < 4.78 is 25.8. The summed E-state index contributed by atoms with van der Waals surface area (Å²) >= 11 is 0. The fourth-order valence-corrected chi connectivity index (χ4v) is 5.26. The van der Waals surface area contributed by atoms with Gasteiger partial charge in [0.15, 0.2) is 0 Å². The van der Waals surface area contributed by atoms with Gasteiger partial charge in [-0.2, -0.15) is 4.31 Å². The minimum absolute atomic E-state index is 0.167. The van der Waals surface area contributed by atoms with Crippen LogP contribution in [0.2, 0.25) is 0 Å². The molecule has 6 heteroatoms. The molecule has 2 aliphatic rings. The molecule has 128 valence electrons. The molecule has 5 nitrogen and oxygen atoms in total. The Morgan fingerprint density at radius 2 is 1.96 bits per heavy atom. The van der Waals surface area contributed by atoms with Gasteiger partial charge < -0.3 is 5.11 Å². The topological polar surface area (TPSA) is 60.9 Å². The Labute approximate surface area is 139 Å². The zero-order valence-electron chi connectivity index (χ0n) is 13.7. The average molecular weight is 338 g/mol. The van der Waals surface area contributed by atoms with Gasteiger partial charge in [0.2, 0.25) is 10.0 Å². The molecule has 1 saturated heterocycles. The van der Waals surface area contributed by atoms with Gasteiger partial charge in [0.25, 0.3) is 0 Å². The number of aliphatic hydroxyl groups is 1. The quantitative estimate of drug-likeness (QED) is 0.877. The molecule has 1 aromatic rings. The van der Waals surface area contributed by atoms with E-state index in [2.05, 4.69) is 23.1 Å². The smallest absolute Gasteiger partial charge is 0.214 e. The first-order valence-corrected chi connectivity index (χ1v) is 10.0. The van der Waals surface area contributed by atoms with Crippen LogP contribution >= 0.6 is 0 Å². The van der Waals surface area contributed by atoms with Gasteiger partial charge >= 0.3 is 0 Å². The molecule has 2 aliphatic heterocycles. The lowest BCUT2D eigenvalue weighted by molar-refractivity contribution is 0.0127. The van der Waals surface area contributed by atoms with Crippen LogP contribution in [0.15, 0.2) is 24.3 Å². The maximum absolute atomic E-state index is 12.2. The van der Waals surface area contributed by atoms with Crippen molar-refractivity contribution >= 4 is 10.0 Å². The molecule has 23 heavy (non-hydrogen) atoms. The molecule has 1 atom stereocenters. The second-order valence-electron chi connectivity index (χ2n) is 6.85.